The number of nitrogens with one attached hydrogen (secondary N) is 1. The van der Waals surface area contributed by atoms with Gasteiger partial charge < -0.3 is 5.11 Å². The number of allylic oxidation sites excluding steroid dienone is 1. The minimum Gasteiger partial charge on any atom is -0.478 e. The van der Waals surface area contributed by atoms with E-state index in [9.17, 15) is 14.4 Å². The zero-order valence-electron chi connectivity index (χ0n) is 19.1. The molecule has 0 saturated heterocycles. The summed E-state index contributed by atoms with van der Waals surface area (Å²) in [6.45, 7) is 0. The topological polar surface area (TPSA) is 89.8 Å². The third-order valence-corrected chi connectivity index (χ3v) is 6.89. The van der Waals surface area contributed by atoms with Crippen molar-refractivity contribution < 1.29 is 14.3 Å². The lowest BCUT2D eigenvalue weighted by Gasteiger charge is -2.32. The van der Waals surface area contributed by atoms with Gasteiger partial charge in [-0.2, -0.15) is 10.4 Å². The van der Waals surface area contributed by atoms with Gasteiger partial charge in [-0.25, -0.2) is 9.18 Å². The molecule has 1 fully saturated rings. The van der Waals surface area contributed by atoms with Gasteiger partial charge in [-0.3, -0.25) is 5.10 Å². The Morgan fingerprint density at radius 2 is 1.86 bits per heavy atom. The van der Waals surface area contributed by atoms with Crippen LogP contribution in [0.15, 0.2) is 66.7 Å². The van der Waals surface area contributed by atoms with Crippen molar-refractivity contribution in [3.05, 3.63) is 106 Å². The lowest BCUT2D eigenvalue weighted by Crippen LogP contribution is -2.15. The molecule has 0 unspecified atom stereocenters. The van der Waals surface area contributed by atoms with Crippen LogP contribution >= 0.6 is 11.6 Å². The summed E-state index contributed by atoms with van der Waals surface area (Å²) >= 11 is 6.59. The maximum Gasteiger partial charge on any atom is 0.328 e. The minimum absolute atomic E-state index is 0.241. The third-order valence-electron chi connectivity index (χ3n) is 6.58. The van der Waals surface area contributed by atoms with E-state index in [1.54, 1.807) is 6.07 Å². The molecule has 0 atom stereocenters. The first-order valence-electron chi connectivity index (χ1n) is 11.5. The quantitative estimate of drug-likeness (QED) is 0.220. The van der Waals surface area contributed by atoms with Crippen molar-refractivity contribution >= 4 is 45.7 Å². The Balaban J connectivity index is 1.78. The normalized spacial score (nSPS) is 14.5. The van der Waals surface area contributed by atoms with Crippen LogP contribution in [-0.4, -0.2) is 21.3 Å². The molecule has 7 heteroatoms. The number of aromatic nitrogens is 2. The number of fused-ring (bicyclic) bond motifs is 1. The summed E-state index contributed by atoms with van der Waals surface area (Å²) in [6.07, 6.45) is 5.71. The number of H-pyrrole nitrogens is 1. The largest absolute Gasteiger partial charge is 0.478 e. The molecule has 0 spiro atoms. The number of hydrogen-bond acceptors (Lipinski definition) is 3. The van der Waals surface area contributed by atoms with Gasteiger partial charge in [-0.05, 0) is 82.5 Å². The summed E-state index contributed by atoms with van der Waals surface area (Å²) < 4.78 is 14.0. The van der Waals surface area contributed by atoms with E-state index in [0.29, 0.717) is 16.1 Å². The van der Waals surface area contributed by atoms with Crippen LogP contribution in [0.4, 0.5) is 4.39 Å². The number of aromatic amines is 1. The molecule has 36 heavy (non-hydrogen) atoms. The average molecular weight is 498 g/mol. The number of aliphatic carboxylic acids is 1. The fraction of sp³-hybridized carbons (Fsp3) is 0.138. The molecule has 1 aliphatic carbocycles. The summed E-state index contributed by atoms with van der Waals surface area (Å²) in [6, 6.07) is 20.0. The van der Waals surface area contributed by atoms with Gasteiger partial charge >= 0.3 is 5.97 Å². The van der Waals surface area contributed by atoms with Crippen molar-refractivity contribution in [2.45, 2.75) is 19.3 Å². The zero-order valence-corrected chi connectivity index (χ0v) is 19.9. The number of nitrogens with zero attached hydrogens (tertiary/aromatic N) is 2. The van der Waals surface area contributed by atoms with Crippen molar-refractivity contribution in [1.82, 2.24) is 10.2 Å². The van der Waals surface area contributed by atoms with Crippen LogP contribution in [0, 0.1) is 23.1 Å². The zero-order chi connectivity index (χ0) is 25.2. The highest BCUT2D eigenvalue weighted by molar-refractivity contribution is 6.32. The van der Waals surface area contributed by atoms with Crippen LogP contribution < -0.4 is 0 Å². The summed E-state index contributed by atoms with van der Waals surface area (Å²) in [7, 11) is 0. The fourth-order valence-corrected chi connectivity index (χ4v) is 4.89. The first-order chi connectivity index (χ1) is 17.4. The molecule has 3 aromatic carbocycles. The van der Waals surface area contributed by atoms with Gasteiger partial charge in [0.1, 0.15) is 11.9 Å². The standard InChI is InChI=1S/C29H21ClFN3O2/c30-24-15-21(31)10-11-22(24)29(18-2-1-3-18)28(19-7-4-17(5-8-19)6-13-27(35)36)20-9-12-25-23(14-20)26(16-32)34-33-25/h4-15,18H,1-3H2,(H,33,34)(H,35,36)/b13-6+,29-28+. The van der Waals surface area contributed by atoms with Crippen LogP contribution in [0.3, 0.4) is 0 Å². The van der Waals surface area contributed by atoms with E-state index in [1.807, 2.05) is 42.5 Å². The highest BCUT2D eigenvalue weighted by Gasteiger charge is 2.29. The second kappa shape index (κ2) is 9.80. The lowest BCUT2D eigenvalue weighted by molar-refractivity contribution is -0.131. The van der Waals surface area contributed by atoms with E-state index in [1.165, 1.54) is 18.2 Å². The first kappa shape index (κ1) is 23.5. The number of carboxylic acid groups (broad SMARTS) is 1. The van der Waals surface area contributed by atoms with Crippen molar-refractivity contribution in [2.24, 2.45) is 5.92 Å². The van der Waals surface area contributed by atoms with E-state index in [2.05, 4.69) is 16.3 Å². The number of halogens is 2. The van der Waals surface area contributed by atoms with Gasteiger partial charge in [-0.1, -0.05) is 54.4 Å². The Bertz CT molecular complexity index is 1570. The molecule has 0 bridgehead atoms. The number of rotatable bonds is 6. The Morgan fingerprint density at radius 1 is 1.11 bits per heavy atom. The average Bonchev–Trinajstić information content (AvgIpc) is 3.24. The molecule has 5 rings (SSSR count). The minimum atomic E-state index is -1.01. The van der Waals surface area contributed by atoms with Gasteiger partial charge in [-0.15, -0.1) is 0 Å². The molecule has 4 aromatic rings. The van der Waals surface area contributed by atoms with Gasteiger partial charge in [0.2, 0.25) is 0 Å². The number of nitriles is 1. The number of carboxylic acids is 1. The summed E-state index contributed by atoms with van der Waals surface area (Å²) in [5.74, 6) is -1.17. The summed E-state index contributed by atoms with van der Waals surface area (Å²) in [5.41, 5.74) is 6.36. The monoisotopic (exact) mass is 497 g/mol. The number of carbonyl (C=O) groups is 1. The molecule has 1 aliphatic rings. The molecular formula is C29H21ClFN3O2. The maximum atomic E-state index is 14.0. The molecular weight excluding hydrogens is 477 g/mol. The predicted molar refractivity (Wildman–Crippen MR) is 139 cm³/mol. The Hall–Kier alpha value is -4.21. The third kappa shape index (κ3) is 4.53. The van der Waals surface area contributed by atoms with Gasteiger partial charge in [0.15, 0.2) is 5.69 Å². The van der Waals surface area contributed by atoms with Gasteiger partial charge in [0.25, 0.3) is 0 Å². The van der Waals surface area contributed by atoms with E-state index >= 15 is 0 Å². The van der Waals surface area contributed by atoms with Crippen molar-refractivity contribution in [2.75, 3.05) is 0 Å². The van der Waals surface area contributed by atoms with Crippen molar-refractivity contribution in [3.63, 3.8) is 0 Å². The first-order valence-corrected chi connectivity index (χ1v) is 11.9. The molecule has 5 nitrogen and oxygen atoms in total. The van der Waals surface area contributed by atoms with Crippen LogP contribution in [0.5, 0.6) is 0 Å². The second-order valence-electron chi connectivity index (χ2n) is 8.78. The predicted octanol–water partition coefficient (Wildman–Crippen LogP) is 7.08. The Labute approximate surface area is 212 Å². The van der Waals surface area contributed by atoms with Crippen molar-refractivity contribution in [1.29, 1.82) is 5.26 Å². The maximum absolute atomic E-state index is 14.0. The summed E-state index contributed by atoms with van der Waals surface area (Å²) in [4.78, 5) is 10.9. The van der Waals surface area contributed by atoms with Crippen LogP contribution in [0.2, 0.25) is 5.02 Å². The van der Waals surface area contributed by atoms with Crippen LogP contribution in [0.25, 0.3) is 28.1 Å². The van der Waals surface area contributed by atoms with Crippen molar-refractivity contribution in [3.8, 4) is 6.07 Å². The Morgan fingerprint density at radius 3 is 2.50 bits per heavy atom. The van der Waals surface area contributed by atoms with Crippen LogP contribution in [-0.2, 0) is 4.79 Å². The second-order valence-corrected chi connectivity index (χ2v) is 9.19. The molecule has 1 heterocycles. The molecule has 2 N–H and O–H groups in total. The highest BCUT2D eigenvalue weighted by atomic mass is 35.5. The van der Waals surface area contributed by atoms with E-state index in [0.717, 1.165) is 64.3 Å². The fourth-order valence-electron chi connectivity index (χ4n) is 4.62. The van der Waals surface area contributed by atoms with Gasteiger partial charge in [0, 0.05) is 11.5 Å². The van der Waals surface area contributed by atoms with E-state index in [-0.39, 0.29) is 5.92 Å². The van der Waals surface area contributed by atoms with E-state index < -0.39 is 11.8 Å². The lowest BCUT2D eigenvalue weighted by atomic mass is 9.73. The number of benzene rings is 3. The Kier molecular flexibility index (Phi) is 6.41. The highest BCUT2D eigenvalue weighted by Crippen LogP contribution is 2.47. The smallest absolute Gasteiger partial charge is 0.328 e. The van der Waals surface area contributed by atoms with Crippen LogP contribution in [0.1, 0.15) is 47.2 Å². The molecule has 0 aliphatic heterocycles. The number of hydrogen-bond donors (Lipinski definition) is 2. The molecule has 0 amide bonds. The molecule has 1 aromatic heterocycles. The molecule has 178 valence electrons. The molecule has 1 saturated carbocycles. The van der Waals surface area contributed by atoms with E-state index in [4.69, 9.17) is 16.7 Å². The molecule has 0 radical (unpaired) electrons. The van der Waals surface area contributed by atoms with Gasteiger partial charge in [0.05, 0.1) is 10.5 Å². The SMILES string of the molecule is N#Cc1n[nH]c2ccc(/C(=C(/c3ccc(F)cc3Cl)C3CCC3)c3ccc(/C=C/C(=O)O)cc3)cc12. The summed E-state index contributed by atoms with van der Waals surface area (Å²) in [5, 5.41) is 26.5.